The van der Waals surface area contributed by atoms with Gasteiger partial charge in [0.1, 0.15) is 11.8 Å². The molecule has 1 aliphatic rings. The average molecular weight is 331 g/mol. The number of methoxy groups -OCH3 is 1. The molecule has 2 aromatic carbocycles. The number of carbonyl (C=O) groups excluding carboxylic acids is 2. The maximum atomic E-state index is 12.6. The third kappa shape index (κ3) is 3.00. The SMILES string of the molecule is COc1cccc(N2C(=O)CC(Nc3ccccc3Cl)C2=O)c1. The van der Waals surface area contributed by atoms with Crippen LogP contribution in [0.2, 0.25) is 5.02 Å². The highest BCUT2D eigenvalue weighted by Gasteiger charge is 2.39. The summed E-state index contributed by atoms with van der Waals surface area (Å²) < 4.78 is 5.14. The summed E-state index contributed by atoms with van der Waals surface area (Å²) in [6.07, 6.45) is 0.0846. The average Bonchev–Trinajstić information content (AvgIpc) is 2.83. The third-order valence-electron chi connectivity index (χ3n) is 3.66. The molecule has 3 rings (SSSR count). The molecule has 2 amide bonds. The second-order valence-electron chi connectivity index (χ2n) is 5.15. The molecule has 1 saturated heterocycles. The van der Waals surface area contributed by atoms with Crippen molar-refractivity contribution in [2.45, 2.75) is 12.5 Å². The predicted octanol–water partition coefficient (Wildman–Crippen LogP) is 3.09. The molecular formula is C17H15ClN2O3. The molecule has 23 heavy (non-hydrogen) atoms. The zero-order chi connectivity index (χ0) is 16.4. The fraction of sp³-hybridized carbons (Fsp3) is 0.176. The summed E-state index contributed by atoms with van der Waals surface area (Å²) in [5.41, 5.74) is 1.13. The van der Waals surface area contributed by atoms with Crippen molar-refractivity contribution in [3.8, 4) is 5.75 Å². The molecule has 0 spiro atoms. The van der Waals surface area contributed by atoms with Gasteiger partial charge in [0, 0.05) is 6.07 Å². The molecule has 118 valence electrons. The van der Waals surface area contributed by atoms with Gasteiger partial charge in [-0.25, -0.2) is 4.90 Å². The van der Waals surface area contributed by atoms with E-state index in [0.29, 0.717) is 22.1 Å². The van der Waals surface area contributed by atoms with Gasteiger partial charge >= 0.3 is 0 Å². The molecule has 1 fully saturated rings. The first-order valence-corrected chi connectivity index (χ1v) is 7.50. The Labute approximate surface area is 138 Å². The molecule has 6 heteroatoms. The van der Waals surface area contributed by atoms with Crippen LogP contribution in [0.5, 0.6) is 5.75 Å². The summed E-state index contributed by atoms with van der Waals surface area (Å²) in [5.74, 6) is 0.0293. The number of anilines is 2. The first kappa shape index (κ1) is 15.4. The van der Waals surface area contributed by atoms with Crippen LogP contribution in [-0.4, -0.2) is 25.0 Å². The van der Waals surface area contributed by atoms with E-state index in [9.17, 15) is 9.59 Å². The number of carbonyl (C=O) groups is 2. The molecule has 0 saturated carbocycles. The lowest BCUT2D eigenvalue weighted by molar-refractivity contribution is -0.121. The summed E-state index contributed by atoms with van der Waals surface area (Å²) in [5, 5.41) is 3.55. The molecule has 1 N–H and O–H groups in total. The lowest BCUT2D eigenvalue weighted by atomic mass is 10.2. The van der Waals surface area contributed by atoms with E-state index in [2.05, 4.69) is 5.32 Å². The van der Waals surface area contributed by atoms with E-state index in [-0.39, 0.29) is 18.2 Å². The van der Waals surface area contributed by atoms with Crippen molar-refractivity contribution in [2.75, 3.05) is 17.3 Å². The van der Waals surface area contributed by atoms with Crippen LogP contribution in [0.3, 0.4) is 0 Å². The highest BCUT2D eigenvalue weighted by atomic mass is 35.5. The van der Waals surface area contributed by atoms with Gasteiger partial charge in [-0.3, -0.25) is 9.59 Å². The van der Waals surface area contributed by atoms with E-state index in [1.165, 1.54) is 12.0 Å². The van der Waals surface area contributed by atoms with Crippen LogP contribution >= 0.6 is 11.6 Å². The maximum absolute atomic E-state index is 12.6. The molecule has 0 radical (unpaired) electrons. The van der Waals surface area contributed by atoms with Crippen molar-refractivity contribution >= 4 is 34.8 Å². The normalized spacial score (nSPS) is 17.5. The van der Waals surface area contributed by atoms with Crippen LogP contribution in [0, 0.1) is 0 Å². The summed E-state index contributed by atoms with van der Waals surface area (Å²) in [6, 6.07) is 13.3. The quantitative estimate of drug-likeness (QED) is 0.875. The number of benzene rings is 2. The molecule has 5 nitrogen and oxygen atoms in total. The molecular weight excluding hydrogens is 316 g/mol. The second kappa shape index (κ2) is 6.30. The fourth-order valence-electron chi connectivity index (χ4n) is 2.53. The predicted molar refractivity (Wildman–Crippen MR) is 89.0 cm³/mol. The van der Waals surface area contributed by atoms with Gasteiger partial charge in [0.25, 0.3) is 5.91 Å². The van der Waals surface area contributed by atoms with E-state index in [1.54, 1.807) is 42.5 Å². The van der Waals surface area contributed by atoms with Crippen molar-refractivity contribution < 1.29 is 14.3 Å². The van der Waals surface area contributed by atoms with Gasteiger partial charge in [-0.2, -0.15) is 0 Å². The Morgan fingerprint density at radius 3 is 2.70 bits per heavy atom. The highest BCUT2D eigenvalue weighted by molar-refractivity contribution is 6.33. The fourth-order valence-corrected chi connectivity index (χ4v) is 2.72. The minimum absolute atomic E-state index is 0.0846. The van der Waals surface area contributed by atoms with Crippen molar-refractivity contribution in [3.63, 3.8) is 0 Å². The topological polar surface area (TPSA) is 58.6 Å². The summed E-state index contributed by atoms with van der Waals surface area (Å²) in [7, 11) is 1.54. The first-order chi connectivity index (χ1) is 11.1. The van der Waals surface area contributed by atoms with Gasteiger partial charge in [0.2, 0.25) is 5.91 Å². The van der Waals surface area contributed by atoms with E-state index in [4.69, 9.17) is 16.3 Å². The zero-order valence-electron chi connectivity index (χ0n) is 12.5. The lowest BCUT2D eigenvalue weighted by Crippen LogP contribution is -2.34. The summed E-state index contributed by atoms with van der Waals surface area (Å²) in [6.45, 7) is 0. The van der Waals surface area contributed by atoms with E-state index >= 15 is 0 Å². The van der Waals surface area contributed by atoms with Crippen LogP contribution < -0.4 is 15.0 Å². The molecule has 1 heterocycles. The highest BCUT2D eigenvalue weighted by Crippen LogP contribution is 2.29. The number of nitrogens with one attached hydrogen (secondary N) is 1. The van der Waals surface area contributed by atoms with Gasteiger partial charge in [-0.15, -0.1) is 0 Å². The van der Waals surface area contributed by atoms with Gasteiger partial charge < -0.3 is 10.1 Å². The number of halogens is 1. The molecule has 2 aromatic rings. The Bertz CT molecular complexity index is 763. The number of hydrogen-bond donors (Lipinski definition) is 1. The van der Waals surface area contributed by atoms with E-state index in [0.717, 1.165) is 0 Å². The summed E-state index contributed by atoms with van der Waals surface area (Å²) in [4.78, 5) is 26.0. The number of amides is 2. The van der Waals surface area contributed by atoms with Crippen LogP contribution in [0.4, 0.5) is 11.4 Å². The molecule has 1 unspecified atom stereocenters. The number of hydrogen-bond acceptors (Lipinski definition) is 4. The number of nitrogens with zero attached hydrogens (tertiary/aromatic N) is 1. The number of imide groups is 1. The van der Waals surface area contributed by atoms with Crippen molar-refractivity contribution in [1.82, 2.24) is 0 Å². The maximum Gasteiger partial charge on any atom is 0.256 e. The van der Waals surface area contributed by atoms with Crippen LogP contribution in [0.25, 0.3) is 0 Å². The first-order valence-electron chi connectivity index (χ1n) is 7.12. The van der Waals surface area contributed by atoms with Crippen molar-refractivity contribution in [1.29, 1.82) is 0 Å². The third-order valence-corrected chi connectivity index (χ3v) is 3.99. The van der Waals surface area contributed by atoms with Crippen molar-refractivity contribution in [2.24, 2.45) is 0 Å². The minimum Gasteiger partial charge on any atom is -0.497 e. The zero-order valence-corrected chi connectivity index (χ0v) is 13.2. The standard InChI is InChI=1S/C17H15ClN2O3/c1-23-12-6-4-5-11(9-12)20-16(21)10-15(17(20)22)19-14-8-3-2-7-13(14)18/h2-9,15,19H,10H2,1H3. The van der Waals surface area contributed by atoms with E-state index in [1.807, 2.05) is 6.07 Å². The van der Waals surface area contributed by atoms with Crippen LogP contribution in [0.1, 0.15) is 6.42 Å². The van der Waals surface area contributed by atoms with Gasteiger partial charge in [0.05, 0.1) is 29.9 Å². The molecule has 0 bridgehead atoms. The Kier molecular flexibility index (Phi) is 4.21. The molecule has 1 atom stereocenters. The lowest BCUT2D eigenvalue weighted by Gasteiger charge is -2.17. The minimum atomic E-state index is -0.631. The molecule has 1 aliphatic heterocycles. The summed E-state index contributed by atoms with van der Waals surface area (Å²) >= 11 is 6.09. The molecule has 0 aliphatic carbocycles. The smallest absolute Gasteiger partial charge is 0.256 e. The van der Waals surface area contributed by atoms with E-state index < -0.39 is 6.04 Å². The Morgan fingerprint density at radius 2 is 1.96 bits per heavy atom. The van der Waals surface area contributed by atoms with Crippen LogP contribution in [0.15, 0.2) is 48.5 Å². The van der Waals surface area contributed by atoms with Crippen molar-refractivity contribution in [3.05, 3.63) is 53.6 Å². The van der Waals surface area contributed by atoms with Gasteiger partial charge in [0.15, 0.2) is 0 Å². The van der Waals surface area contributed by atoms with Crippen LogP contribution in [-0.2, 0) is 9.59 Å². The Morgan fingerprint density at radius 1 is 1.17 bits per heavy atom. The monoisotopic (exact) mass is 330 g/mol. The Hall–Kier alpha value is -2.53. The largest absolute Gasteiger partial charge is 0.497 e. The number of rotatable bonds is 4. The Balaban J connectivity index is 1.84. The molecule has 0 aromatic heterocycles. The second-order valence-corrected chi connectivity index (χ2v) is 5.56. The van der Waals surface area contributed by atoms with Gasteiger partial charge in [-0.05, 0) is 24.3 Å². The number of ether oxygens (including phenoxy) is 1. The van der Waals surface area contributed by atoms with Gasteiger partial charge in [-0.1, -0.05) is 29.8 Å². The number of para-hydroxylation sites is 1.